The van der Waals surface area contributed by atoms with Gasteiger partial charge in [0.25, 0.3) is 5.91 Å². The molecule has 0 unspecified atom stereocenters. The molecule has 1 aliphatic rings. The van der Waals surface area contributed by atoms with Gasteiger partial charge in [-0.05, 0) is 12.3 Å². The molecule has 1 aromatic rings. The SMILES string of the molecule is O=C(NCCC1CC1)c1c[nH]ccc1=O. The zero-order valence-corrected chi connectivity index (χ0v) is 8.45. The van der Waals surface area contributed by atoms with Crippen molar-refractivity contribution >= 4 is 5.91 Å². The minimum absolute atomic E-state index is 0.188. The first-order chi connectivity index (χ1) is 7.27. The quantitative estimate of drug-likeness (QED) is 0.769. The van der Waals surface area contributed by atoms with Gasteiger partial charge >= 0.3 is 0 Å². The molecule has 2 N–H and O–H groups in total. The molecule has 0 saturated heterocycles. The molecule has 1 aliphatic carbocycles. The van der Waals surface area contributed by atoms with Crippen LogP contribution in [0.1, 0.15) is 29.6 Å². The first kappa shape index (κ1) is 9.96. The highest BCUT2D eigenvalue weighted by atomic mass is 16.2. The number of hydrogen-bond acceptors (Lipinski definition) is 2. The summed E-state index contributed by atoms with van der Waals surface area (Å²) in [5, 5.41) is 2.75. The monoisotopic (exact) mass is 206 g/mol. The third kappa shape index (κ3) is 2.68. The van der Waals surface area contributed by atoms with Crippen molar-refractivity contribution in [2.24, 2.45) is 5.92 Å². The van der Waals surface area contributed by atoms with Crippen molar-refractivity contribution in [3.8, 4) is 0 Å². The van der Waals surface area contributed by atoms with Gasteiger partial charge in [0.1, 0.15) is 5.56 Å². The average Bonchev–Trinajstić information content (AvgIpc) is 3.02. The van der Waals surface area contributed by atoms with Crippen LogP contribution in [0.2, 0.25) is 0 Å². The Morgan fingerprint density at radius 1 is 1.53 bits per heavy atom. The third-order valence-corrected chi connectivity index (χ3v) is 2.60. The molecule has 0 aliphatic heterocycles. The average molecular weight is 206 g/mol. The van der Waals surface area contributed by atoms with Crippen LogP contribution < -0.4 is 10.7 Å². The van der Waals surface area contributed by atoms with Crippen molar-refractivity contribution in [1.82, 2.24) is 10.3 Å². The summed E-state index contributed by atoms with van der Waals surface area (Å²) in [6.07, 6.45) is 6.54. The molecular formula is C11H14N2O2. The van der Waals surface area contributed by atoms with Gasteiger partial charge < -0.3 is 10.3 Å². The maximum Gasteiger partial charge on any atom is 0.256 e. The lowest BCUT2D eigenvalue weighted by molar-refractivity contribution is 0.0951. The van der Waals surface area contributed by atoms with Gasteiger partial charge in [-0.25, -0.2) is 0 Å². The van der Waals surface area contributed by atoms with E-state index in [2.05, 4.69) is 10.3 Å². The van der Waals surface area contributed by atoms with Crippen LogP contribution in [0.5, 0.6) is 0 Å². The van der Waals surface area contributed by atoms with Crippen molar-refractivity contribution in [3.05, 3.63) is 34.2 Å². The van der Waals surface area contributed by atoms with E-state index in [-0.39, 0.29) is 16.9 Å². The number of aromatic nitrogens is 1. The van der Waals surface area contributed by atoms with Crippen LogP contribution in [-0.4, -0.2) is 17.4 Å². The van der Waals surface area contributed by atoms with Crippen molar-refractivity contribution < 1.29 is 4.79 Å². The minimum Gasteiger partial charge on any atom is -0.367 e. The van der Waals surface area contributed by atoms with Crippen LogP contribution >= 0.6 is 0 Å². The third-order valence-electron chi connectivity index (χ3n) is 2.60. The molecule has 1 saturated carbocycles. The summed E-state index contributed by atoms with van der Waals surface area (Å²) in [6, 6.07) is 1.36. The zero-order valence-electron chi connectivity index (χ0n) is 8.45. The molecular weight excluding hydrogens is 192 g/mol. The van der Waals surface area contributed by atoms with E-state index in [9.17, 15) is 9.59 Å². The van der Waals surface area contributed by atoms with Crippen molar-refractivity contribution in [1.29, 1.82) is 0 Å². The molecule has 1 fully saturated rings. The van der Waals surface area contributed by atoms with Gasteiger partial charge in [-0.1, -0.05) is 12.8 Å². The number of carbonyl (C=O) groups is 1. The van der Waals surface area contributed by atoms with Gasteiger partial charge in [0.15, 0.2) is 5.43 Å². The van der Waals surface area contributed by atoms with Crippen molar-refractivity contribution in [3.63, 3.8) is 0 Å². The molecule has 0 bridgehead atoms. The molecule has 0 atom stereocenters. The number of aromatic amines is 1. The number of hydrogen-bond donors (Lipinski definition) is 2. The predicted octanol–water partition coefficient (Wildman–Crippen LogP) is 0.905. The predicted molar refractivity (Wildman–Crippen MR) is 56.7 cm³/mol. The lowest BCUT2D eigenvalue weighted by atomic mass is 10.2. The maximum atomic E-state index is 11.5. The van der Waals surface area contributed by atoms with Crippen molar-refractivity contribution in [2.75, 3.05) is 6.54 Å². The van der Waals surface area contributed by atoms with Gasteiger partial charge in [-0.3, -0.25) is 9.59 Å². The standard InChI is InChI=1S/C11H14N2O2/c14-10-4-5-12-7-9(10)11(15)13-6-3-8-1-2-8/h4-5,7-8H,1-3,6H2,(H,12,14)(H,13,15). The van der Waals surface area contributed by atoms with Gasteiger partial charge in [-0.15, -0.1) is 0 Å². The Balaban J connectivity index is 1.89. The summed E-state index contributed by atoms with van der Waals surface area (Å²) < 4.78 is 0. The number of H-pyrrole nitrogens is 1. The lowest BCUT2D eigenvalue weighted by Crippen LogP contribution is -2.29. The van der Waals surface area contributed by atoms with Gasteiger partial charge in [0, 0.05) is 25.0 Å². The summed E-state index contributed by atoms with van der Waals surface area (Å²) in [5.41, 5.74) is -0.0500. The van der Waals surface area contributed by atoms with Gasteiger partial charge in [0.2, 0.25) is 0 Å². The number of carbonyl (C=O) groups excluding carboxylic acids is 1. The van der Waals surface area contributed by atoms with Gasteiger partial charge in [0.05, 0.1) is 0 Å². The molecule has 4 heteroatoms. The van der Waals surface area contributed by atoms with E-state index in [4.69, 9.17) is 0 Å². The van der Waals surface area contributed by atoms with Crippen LogP contribution in [0.3, 0.4) is 0 Å². The smallest absolute Gasteiger partial charge is 0.256 e. The number of nitrogens with one attached hydrogen (secondary N) is 2. The van der Waals surface area contributed by atoms with Gasteiger partial charge in [-0.2, -0.15) is 0 Å². The largest absolute Gasteiger partial charge is 0.367 e. The zero-order chi connectivity index (χ0) is 10.7. The Labute approximate surface area is 87.7 Å². The fraction of sp³-hybridized carbons (Fsp3) is 0.455. The van der Waals surface area contributed by atoms with E-state index >= 15 is 0 Å². The minimum atomic E-state index is -0.280. The Morgan fingerprint density at radius 2 is 2.33 bits per heavy atom. The summed E-state index contributed by atoms with van der Waals surface area (Å²) in [4.78, 5) is 25.6. The molecule has 80 valence electrons. The van der Waals surface area contributed by atoms with Crippen LogP contribution in [0, 0.1) is 5.92 Å². The molecule has 1 heterocycles. The number of pyridine rings is 1. The first-order valence-corrected chi connectivity index (χ1v) is 5.22. The van der Waals surface area contributed by atoms with E-state index < -0.39 is 0 Å². The highest BCUT2D eigenvalue weighted by molar-refractivity contribution is 5.93. The van der Waals surface area contributed by atoms with E-state index in [1.54, 1.807) is 0 Å². The number of rotatable bonds is 4. The summed E-state index contributed by atoms with van der Waals surface area (Å²) in [7, 11) is 0. The van der Waals surface area contributed by atoms with E-state index in [1.807, 2.05) is 0 Å². The Hall–Kier alpha value is -1.58. The first-order valence-electron chi connectivity index (χ1n) is 5.22. The normalized spacial score (nSPS) is 14.9. The highest BCUT2D eigenvalue weighted by Gasteiger charge is 2.20. The molecule has 15 heavy (non-hydrogen) atoms. The van der Waals surface area contributed by atoms with E-state index in [0.29, 0.717) is 6.54 Å². The van der Waals surface area contributed by atoms with Crippen LogP contribution in [-0.2, 0) is 0 Å². The summed E-state index contributed by atoms with van der Waals surface area (Å²) in [6.45, 7) is 0.665. The maximum absolute atomic E-state index is 11.5. The summed E-state index contributed by atoms with van der Waals surface area (Å²) >= 11 is 0. The molecule has 1 amide bonds. The second-order valence-electron chi connectivity index (χ2n) is 3.91. The molecule has 0 spiro atoms. The van der Waals surface area contributed by atoms with Crippen LogP contribution in [0.4, 0.5) is 0 Å². The van der Waals surface area contributed by atoms with Crippen LogP contribution in [0.25, 0.3) is 0 Å². The van der Waals surface area contributed by atoms with Crippen molar-refractivity contribution in [2.45, 2.75) is 19.3 Å². The number of amides is 1. The molecule has 4 nitrogen and oxygen atoms in total. The second kappa shape index (κ2) is 4.29. The van der Waals surface area contributed by atoms with E-state index in [0.717, 1.165) is 12.3 Å². The lowest BCUT2D eigenvalue weighted by Gasteiger charge is -2.03. The fourth-order valence-corrected chi connectivity index (χ4v) is 1.49. The highest BCUT2D eigenvalue weighted by Crippen LogP contribution is 2.31. The molecule has 0 aromatic carbocycles. The van der Waals surface area contributed by atoms with E-state index in [1.165, 1.54) is 31.3 Å². The molecule has 1 aromatic heterocycles. The topological polar surface area (TPSA) is 62.0 Å². The van der Waals surface area contributed by atoms with Crippen LogP contribution in [0.15, 0.2) is 23.3 Å². The fourth-order valence-electron chi connectivity index (χ4n) is 1.49. The summed E-state index contributed by atoms with van der Waals surface area (Å²) in [5.74, 6) is 0.511. The molecule has 0 radical (unpaired) electrons. The Kier molecular flexibility index (Phi) is 2.85. The Bertz CT molecular complexity index is 407. The molecule has 2 rings (SSSR count). The Morgan fingerprint density at radius 3 is 3.00 bits per heavy atom. The second-order valence-corrected chi connectivity index (χ2v) is 3.91.